The summed E-state index contributed by atoms with van der Waals surface area (Å²) >= 11 is 0. The van der Waals surface area contributed by atoms with E-state index in [0.29, 0.717) is 39.0 Å². The maximum atomic E-state index is 10.3. The number of carboxylic acid groups (broad SMARTS) is 1. The van der Waals surface area contributed by atoms with Crippen molar-refractivity contribution >= 4 is 5.97 Å². The Morgan fingerprint density at radius 1 is 1.31 bits per heavy atom. The Hall–Kier alpha value is -0.650. The van der Waals surface area contributed by atoms with E-state index in [9.17, 15) is 9.90 Å². The van der Waals surface area contributed by atoms with Crippen molar-refractivity contribution in [2.75, 3.05) is 26.3 Å². The van der Waals surface area contributed by atoms with Crippen molar-refractivity contribution in [3.05, 3.63) is 0 Å². The van der Waals surface area contributed by atoms with E-state index in [1.54, 1.807) is 0 Å². The van der Waals surface area contributed by atoms with Crippen molar-refractivity contribution in [3.63, 3.8) is 0 Å². The lowest BCUT2D eigenvalue weighted by Crippen LogP contribution is -2.45. The molecule has 1 aliphatic rings. The highest BCUT2D eigenvalue weighted by Crippen LogP contribution is 2.19. The quantitative estimate of drug-likeness (QED) is 0.552. The molecule has 3 N–H and O–H groups in total. The van der Waals surface area contributed by atoms with Gasteiger partial charge in [-0.05, 0) is 19.4 Å². The van der Waals surface area contributed by atoms with Gasteiger partial charge in [0.05, 0.1) is 5.60 Å². The predicted molar refractivity (Wildman–Crippen MR) is 59.4 cm³/mol. The second kappa shape index (κ2) is 6.83. The smallest absolute Gasteiger partial charge is 0.303 e. The Kier molecular flexibility index (Phi) is 5.73. The highest BCUT2D eigenvalue weighted by atomic mass is 16.5. The summed E-state index contributed by atoms with van der Waals surface area (Å²) in [7, 11) is 0. The molecule has 0 aromatic heterocycles. The molecule has 0 spiro atoms. The largest absolute Gasteiger partial charge is 0.481 e. The molecule has 5 heteroatoms. The number of aliphatic hydroxyl groups is 1. The molecule has 0 aromatic carbocycles. The fourth-order valence-corrected chi connectivity index (χ4v) is 1.78. The Balaban J connectivity index is 1.99. The van der Waals surface area contributed by atoms with E-state index in [0.717, 1.165) is 13.0 Å². The van der Waals surface area contributed by atoms with Gasteiger partial charge in [0, 0.05) is 39.0 Å². The van der Waals surface area contributed by atoms with E-state index in [2.05, 4.69) is 5.32 Å². The van der Waals surface area contributed by atoms with Gasteiger partial charge < -0.3 is 20.3 Å². The molecule has 0 unspecified atom stereocenters. The molecule has 0 bridgehead atoms. The van der Waals surface area contributed by atoms with Gasteiger partial charge in [-0.3, -0.25) is 4.79 Å². The van der Waals surface area contributed by atoms with Crippen molar-refractivity contribution in [1.82, 2.24) is 5.32 Å². The minimum Gasteiger partial charge on any atom is -0.481 e. The summed E-state index contributed by atoms with van der Waals surface area (Å²) in [6, 6.07) is 0. The molecule has 94 valence electrons. The average molecular weight is 231 g/mol. The Bertz CT molecular complexity index is 214. The number of rotatable bonds is 7. The highest BCUT2D eigenvalue weighted by Gasteiger charge is 2.28. The number of aliphatic carboxylic acids is 1. The van der Waals surface area contributed by atoms with Crippen molar-refractivity contribution in [1.29, 1.82) is 0 Å². The van der Waals surface area contributed by atoms with Crippen LogP contribution in [0, 0.1) is 0 Å². The fraction of sp³-hybridized carbons (Fsp3) is 0.909. The summed E-state index contributed by atoms with van der Waals surface area (Å²) < 4.78 is 5.18. The summed E-state index contributed by atoms with van der Waals surface area (Å²) in [5.74, 6) is -0.747. The number of ether oxygens (including phenoxy) is 1. The highest BCUT2D eigenvalue weighted by molar-refractivity contribution is 5.66. The first-order valence-electron chi connectivity index (χ1n) is 5.85. The minimum absolute atomic E-state index is 0.222. The lowest BCUT2D eigenvalue weighted by atomic mass is 9.94. The van der Waals surface area contributed by atoms with E-state index in [-0.39, 0.29) is 6.42 Å². The molecule has 1 heterocycles. The number of nitrogens with one attached hydrogen (secondary N) is 1. The van der Waals surface area contributed by atoms with Crippen LogP contribution in [0.4, 0.5) is 0 Å². The van der Waals surface area contributed by atoms with Crippen LogP contribution in [0.3, 0.4) is 0 Å². The van der Waals surface area contributed by atoms with Gasteiger partial charge in [-0.1, -0.05) is 0 Å². The minimum atomic E-state index is -0.747. The lowest BCUT2D eigenvalue weighted by Gasteiger charge is -2.32. The molecule has 1 rings (SSSR count). The molecule has 0 aliphatic carbocycles. The van der Waals surface area contributed by atoms with E-state index in [1.807, 2.05) is 0 Å². The third kappa shape index (κ3) is 5.44. The molecule has 1 fully saturated rings. The monoisotopic (exact) mass is 231 g/mol. The van der Waals surface area contributed by atoms with E-state index < -0.39 is 11.6 Å². The molecule has 0 aromatic rings. The fourth-order valence-electron chi connectivity index (χ4n) is 1.78. The second-order valence-corrected chi connectivity index (χ2v) is 4.36. The first-order chi connectivity index (χ1) is 7.62. The van der Waals surface area contributed by atoms with Crippen molar-refractivity contribution in [2.24, 2.45) is 0 Å². The zero-order chi connectivity index (χ0) is 11.9. The van der Waals surface area contributed by atoms with Gasteiger partial charge >= 0.3 is 5.97 Å². The van der Waals surface area contributed by atoms with Gasteiger partial charge in [0.2, 0.25) is 0 Å². The summed E-state index contributed by atoms with van der Waals surface area (Å²) in [4.78, 5) is 10.3. The molecule has 0 radical (unpaired) electrons. The van der Waals surface area contributed by atoms with Gasteiger partial charge in [0.1, 0.15) is 0 Å². The average Bonchev–Trinajstić information content (AvgIpc) is 2.24. The summed E-state index contributed by atoms with van der Waals surface area (Å²) in [5.41, 5.74) is -0.634. The topological polar surface area (TPSA) is 78.8 Å². The molecule has 0 amide bonds. The number of hydrogen-bond acceptors (Lipinski definition) is 4. The molecule has 16 heavy (non-hydrogen) atoms. The number of hydrogen-bond donors (Lipinski definition) is 3. The maximum absolute atomic E-state index is 10.3. The van der Waals surface area contributed by atoms with Gasteiger partial charge in [-0.25, -0.2) is 0 Å². The van der Waals surface area contributed by atoms with Crippen molar-refractivity contribution < 1.29 is 19.7 Å². The third-order valence-corrected chi connectivity index (χ3v) is 2.87. The zero-order valence-corrected chi connectivity index (χ0v) is 9.57. The van der Waals surface area contributed by atoms with Crippen LogP contribution in [0.1, 0.15) is 32.1 Å². The number of carboxylic acids is 1. The first-order valence-corrected chi connectivity index (χ1v) is 5.85. The van der Waals surface area contributed by atoms with Crippen LogP contribution in [0.5, 0.6) is 0 Å². The summed E-state index contributed by atoms with van der Waals surface area (Å²) in [6.07, 6.45) is 3.09. The number of unbranched alkanes of at least 4 members (excludes halogenated alkanes) is 1. The van der Waals surface area contributed by atoms with Crippen LogP contribution in [0.15, 0.2) is 0 Å². The summed E-state index contributed by atoms with van der Waals surface area (Å²) in [6.45, 7) is 2.58. The molecule has 1 aliphatic heterocycles. The zero-order valence-electron chi connectivity index (χ0n) is 9.57. The van der Waals surface area contributed by atoms with Crippen LogP contribution in [-0.2, 0) is 9.53 Å². The molecule has 5 nitrogen and oxygen atoms in total. The van der Waals surface area contributed by atoms with Crippen molar-refractivity contribution in [3.8, 4) is 0 Å². The van der Waals surface area contributed by atoms with Crippen LogP contribution in [0.25, 0.3) is 0 Å². The van der Waals surface area contributed by atoms with Gasteiger partial charge in [-0.2, -0.15) is 0 Å². The molecular formula is C11H21NO4. The van der Waals surface area contributed by atoms with Gasteiger partial charge in [0.25, 0.3) is 0 Å². The lowest BCUT2D eigenvalue weighted by molar-refractivity contribution is -0.137. The maximum Gasteiger partial charge on any atom is 0.303 e. The van der Waals surface area contributed by atoms with Crippen LogP contribution in [-0.4, -0.2) is 48.1 Å². The Morgan fingerprint density at radius 2 is 2.00 bits per heavy atom. The predicted octanol–water partition coefficient (Wildman–Crippen LogP) is 0.372. The standard InChI is InChI=1S/C11H21NO4/c13-10(14)3-1-2-6-12-9-11(15)4-7-16-8-5-11/h12,15H,1-9H2,(H,13,14). The third-order valence-electron chi connectivity index (χ3n) is 2.87. The number of carbonyl (C=O) groups is 1. The van der Waals surface area contributed by atoms with E-state index in [4.69, 9.17) is 9.84 Å². The van der Waals surface area contributed by atoms with Gasteiger partial charge in [0.15, 0.2) is 0 Å². The van der Waals surface area contributed by atoms with Crippen LogP contribution in [0.2, 0.25) is 0 Å². The first kappa shape index (κ1) is 13.4. The van der Waals surface area contributed by atoms with Crippen LogP contribution >= 0.6 is 0 Å². The Labute approximate surface area is 95.8 Å². The van der Waals surface area contributed by atoms with Crippen molar-refractivity contribution in [2.45, 2.75) is 37.7 Å². The van der Waals surface area contributed by atoms with Crippen LogP contribution < -0.4 is 5.32 Å². The normalized spacial score (nSPS) is 19.6. The molecule has 1 saturated heterocycles. The molecular weight excluding hydrogens is 210 g/mol. The molecule has 0 saturated carbocycles. The Morgan fingerprint density at radius 3 is 2.62 bits per heavy atom. The van der Waals surface area contributed by atoms with E-state index >= 15 is 0 Å². The second-order valence-electron chi connectivity index (χ2n) is 4.36. The van der Waals surface area contributed by atoms with Gasteiger partial charge in [-0.15, -0.1) is 0 Å². The van der Waals surface area contributed by atoms with E-state index in [1.165, 1.54) is 0 Å². The summed E-state index contributed by atoms with van der Waals surface area (Å²) in [5, 5.41) is 21.7. The molecule has 0 atom stereocenters. The SMILES string of the molecule is O=C(O)CCCCNCC1(O)CCOCC1.